The van der Waals surface area contributed by atoms with Crippen LogP contribution in [0.5, 0.6) is 0 Å². The Balaban J connectivity index is 1.78. The first-order valence-electron chi connectivity index (χ1n) is 8.57. The number of rotatable bonds is 6. The molecular formula is C17H23N3O3S2. The molecule has 0 spiro atoms. The molecule has 1 N–H and O–H groups in total. The standard InChI is InChI=1S/C17H23N3O3S2/c1-12(2)5-8-16(21)19-17-18-14-7-6-13(11-15(14)24-17)25(22,23)20-9-3-4-10-20/h6-7,11-12H,3-5,8-10H2,1-2H3,(H,18,19,21). The summed E-state index contributed by atoms with van der Waals surface area (Å²) in [7, 11) is -3.44. The van der Waals surface area contributed by atoms with Crippen LogP contribution in [0.4, 0.5) is 5.13 Å². The molecule has 0 radical (unpaired) electrons. The maximum absolute atomic E-state index is 12.7. The molecule has 6 nitrogen and oxygen atoms in total. The summed E-state index contributed by atoms with van der Waals surface area (Å²) in [5, 5.41) is 3.32. The maximum Gasteiger partial charge on any atom is 0.243 e. The molecule has 2 heterocycles. The van der Waals surface area contributed by atoms with Crippen LogP contribution >= 0.6 is 11.3 Å². The Morgan fingerprint density at radius 3 is 2.72 bits per heavy atom. The summed E-state index contributed by atoms with van der Waals surface area (Å²) in [5.41, 5.74) is 0.699. The van der Waals surface area contributed by atoms with Gasteiger partial charge in [0, 0.05) is 19.5 Å². The number of carbonyl (C=O) groups excluding carboxylic acids is 1. The average molecular weight is 382 g/mol. The van der Waals surface area contributed by atoms with Gasteiger partial charge in [0.2, 0.25) is 15.9 Å². The Kier molecular flexibility index (Phi) is 5.41. The second-order valence-corrected chi connectivity index (χ2v) is 9.71. The largest absolute Gasteiger partial charge is 0.302 e. The minimum atomic E-state index is -3.44. The van der Waals surface area contributed by atoms with E-state index in [2.05, 4.69) is 24.1 Å². The smallest absolute Gasteiger partial charge is 0.243 e. The number of hydrogen-bond donors (Lipinski definition) is 1. The molecule has 3 rings (SSSR count). The van der Waals surface area contributed by atoms with E-state index in [1.54, 1.807) is 18.2 Å². The highest BCUT2D eigenvalue weighted by molar-refractivity contribution is 7.89. The van der Waals surface area contributed by atoms with Crippen LogP contribution in [-0.2, 0) is 14.8 Å². The zero-order chi connectivity index (χ0) is 18.0. The van der Waals surface area contributed by atoms with Crippen LogP contribution in [0.2, 0.25) is 0 Å². The van der Waals surface area contributed by atoms with E-state index in [9.17, 15) is 13.2 Å². The van der Waals surface area contributed by atoms with Gasteiger partial charge in [0.05, 0.1) is 15.1 Å². The van der Waals surface area contributed by atoms with Gasteiger partial charge in [-0.05, 0) is 43.4 Å². The fourth-order valence-electron chi connectivity index (χ4n) is 2.80. The predicted molar refractivity (Wildman–Crippen MR) is 100 cm³/mol. The van der Waals surface area contributed by atoms with Crippen LogP contribution in [0.1, 0.15) is 39.5 Å². The van der Waals surface area contributed by atoms with Gasteiger partial charge in [0.1, 0.15) is 0 Å². The third-order valence-corrected chi connectivity index (χ3v) is 7.09. The van der Waals surface area contributed by atoms with Crippen molar-refractivity contribution in [3.63, 3.8) is 0 Å². The van der Waals surface area contributed by atoms with E-state index in [0.29, 0.717) is 41.0 Å². The Morgan fingerprint density at radius 2 is 2.04 bits per heavy atom. The summed E-state index contributed by atoms with van der Waals surface area (Å²) in [4.78, 5) is 16.6. The first-order chi connectivity index (χ1) is 11.9. The molecule has 0 saturated carbocycles. The molecule has 2 aromatic rings. The van der Waals surface area contributed by atoms with E-state index >= 15 is 0 Å². The summed E-state index contributed by atoms with van der Waals surface area (Å²) >= 11 is 1.31. The normalized spacial score (nSPS) is 16.0. The van der Waals surface area contributed by atoms with Gasteiger partial charge in [-0.1, -0.05) is 25.2 Å². The molecule has 0 aliphatic carbocycles. The number of benzene rings is 1. The van der Waals surface area contributed by atoms with E-state index in [1.165, 1.54) is 15.6 Å². The van der Waals surface area contributed by atoms with Crippen LogP contribution in [0.25, 0.3) is 10.2 Å². The molecule has 25 heavy (non-hydrogen) atoms. The van der Waals surface area contributed by atoms with Gasteiger partial charge >= 0.3 is 0 Å². The van der Waals surface area contributed by atoms with E-state index in [-0.39, 0.29) is 5.91 Å². The summed E-state index contributed by atoms with van der Waals surface area (Å²) in [5.74, 6) is 0.414. The fraction of sp³-hybridized carbons (Fsp3) is 0.529. The monoisotopic (exact) mass is 381 g/mol. The Hall–Kier alpha value is -1.51. The van der Waals surface area contributed by atoms with Crippen LogP contribution in [-0.4, -0.2) is 36.7 Å². The van der Waals surface area contributed by atoms with E-state index < -0.39 is 10.0 Å². The van der Waals surface area contributed by atoms with Gasteiger partial charge < -0.3 is 5.32 Å². The molecule has 1 amide bonds. The molecule has 1 aromatic heterocycles. The topological polar surface area (TPSA) is 79.4 Å². The molecule has 1 saturated heterocycles. The third-order valence-electron chi connectivity index (χ3n) is 4.26. The summed E-state index contributed by atoms with van der Waals surface area (Å²) in [6.45, 7) is 5.32. The Labute approximate surface area is 152 Å². The van der Waals surface area contributed by atoms with Crippen LogP contribution in [0.3, 0.4) is 0 Å². The third kappa shape index (κ3) is 4.19. The van der Waals surface area contributed by atoms with E-state index in [1.807, 2.05) is 0 Å². The molecule has 1 aliphatic heterocycles. The second-order valence-electron chi connectivity index (χ2n) is 6.74. The van der Waals surface area contributed by atoms with Gasteiger partial charge in [0.15, 0.2) is 5.13 Å². The molecule has 1 aliphatic rings. The van der Waals surface area contributed by atoms with Crippen molar-refractivity contribution in [1.29, 1.82) is 0 Å². The lowest BCUT2D eigenvalue weighted by atomic mass is 10.1. The lowest BCUT2D eigenvalue weighted by Gasteiger charge is -2.15. The van der Waals surface area contributed by atoms with Crippen molar-refractivity contribution in [2.45, 2.75) is 44.4 Å². The SMILES string of the molecule is CC(C)CCC(=O)Nc1nc2ccc(S(=O)(=O)N3CCCC3)cc2s1. The highest BCUT2D eigenvalue weighted by Crippen LogP contribution is 2.30. The van der Waals surface area contributed by atoms with Crippen LogP contribution < -0.4 is 5.32 Å². The Bertz CT molecular complexity index is 868. The summed E-state index contributed by atoms with van der Waals surface area (Å²) < 4.78 is 27.6. The minimum Gasteiger partial charge on any atom is -0.302 e. The van der Waals surface area contributed by atoms with Gasteiger partial charge in [-0.25, -0.2) is 13.4 Å². The van der Waals surface area contributed by atoms with Gasteiger partial charge in [-0.3, -0.25) is 4.79 Å². The maximum atomic E-state index is 12.7. The number of nitrogens with one attached hydrogen (secondary N) is 1. The average Bonchev–Trinajstić information content (AvgIpc) is 3.21. The van der Waals surface area contributed by atoms with Crippen LogP contribution in [0, 0.1) is 5.92 Å². The predicted octanol–water partition coefficient (Wildman–Crippen LogP) is 3.46. The van der Waals surface area contributed by atoms with Gasteiger partial charge in [-0.15, -0.1) is 0 Å². The molecule has 0 atom stereocenters. The lowest BCUT2D eigenvalue weighted by molar-refractivity contribution is -0.116. The highest BCUT2D eigenvalue weighted by Gasteiger charge is 2.27. The molecule has 136 valence electrons. The van der Waals surface area contributed by atoms with Gasteiger partial charge in [-0.2, -0.15) is 4.31 Å². The molecule has 0 bridgehead atoms. The molecule has 1 aromatic carbocycles. The first kappa shape index (κ1) is 18.3. The number of thiazole rings is 1. The van der Waals surface area contributed by atoms with Gasteiger partial charge in [0.25, 0.3) is 0 Å². The number of carbonyl (C=O) groups is 1. The second kappa shape index (κ2) is 7.39. The number of nitrogens with zero attached hydrogens (tertiary/aromatic N) is 2. The van der Waals surface area contributed by atoms with Crippen molar-refractivity contribution in [3.05, 3.63) is 18.2 Å². The number of fused-ring (bicyclic) bond motifs is 1. The minimum absolute atomic E-state index is 0.0577. The zero-order valence-electron chi connectivity index (χ0n) is 14.5. The summed E-state index contributed by atoms with van der Waals surface area (Å²) in [6, 6.07) is 4.96. The van der Waals surface area contributed by atoms with Crippen molar-refractivity contribution in [3.8, 4) is 0 Å². The summed E-state index contributed by atoms with van der Waals surface area (Å²) in [6.07, 6.45) is 3.11. The van der Waals surface area contributed by atoms with Crippen molar-refractivity contribution < 1.29 is 13.2 Å². The first-order valence-corrected chi connectivity index (χ1v) is 10.8. The molecule has 1 fully saturated rings. The lowest BCUT2D eigenvalue weighted by Crippen LogP contribution is -2.27. The quantitative estimate of drug-likeness (QED) is 0.831. The highest BCUT2D eigenvalue weighted by atomic mass is 32.2. The van der Waals surface area contributed by atoms with E-state index in [0.717, 1.165) is 24.0 Å². The molecule has 8 heteroatoms. The number of sulfonamides is 1. The fourth-order valence-corrected chi connectivity index (χ4v) is 5.34. The number of aromatic nitrogens is 1. The number of amides is 1. The molecular weight excluding hydrogens is 358 g/mol. The number of anilines is 1. The zero-order valence-corrected chi connectivity index (χ0v) is 16.1. The van der Waals surface area contributed by atoms with Crippen molar-refractivity contribution in [1.82, 2.24) is 9.29 Å². The van der Waals surface area contributed by atoms with Crippen molar-refractivity contribution in [2.24, 2.45) is 5.92 Å². The Morgan fingerprint density at radius 1 is 1.32 bits per heavy atom. The number of hydrogen-bond acceptors (Lipinski definition) is 5. The van der Waals surface area contributed by atoms with Crippen LogP contribution in [0.15, 0.2) is 23.1 Å². The van der Waals surface area contributed by atoms with Crippen molar-refractivity contribution in [2.75, 3.05) is 18.4 Å². The van der Waals surface area contributed by atoms with E-state index in [4.69, 9.17) is 0 Å². The van der Waals surface area contributed by atoms with Crippen molar-refractivity contribution >= 4 is 42.6 Å². The molecule has 0 unspecified atom stereocenters.